The number of Topliss-reactive ketones (excluding diaryl/α,β-unsaturated/α-hetero) is 2. The number of nitriles is 1. The molecule has 3 heterocycles. The smallest absolute Gasteiger partial charge is 0.225 e. The van der Waals surface area contributed by atoms with Gasteiger partial charge in [-0.2, -0.15) is 5.26 Å². The number of piperazine rings is 1. The minimum atomic E-state index is -0.787. The van der Waals surface area contributed by atoms with Gasteiger partial charge in [0.25, 0.3) is 0 Å². The first-order valence-corrected chi connectivity index (χ1v) is 13.2. The number of aliphatic hydroxyl groups is 1. The first-order chi connectivity index (χ1) is 19.1. The van der Waals surface area contributed by atoms with E-state index in [0.29, 0.717) is 23.5 Å². The lowest BCUT2D eigenvalue weighted by Crippen LogP contribution is -2.71. The fourth-order valence-corrected chi connectivity index (χ4v) is 7.05. The molecule has 1 aromatic rings. The first kappa shape index (κ1) is 27.8. The molecule has 2 N–H and O–H groups in total. The highest BCUT2D eigenvalue weighted by Crippen LogP contribution is 2.54. The zero-order chi connectivity index (χ0) is 29.0. The zero-order valence-corrected chi connectivity index (χ0v) is 23.5. The van der Waals surface area contributed by atoms with Gasteiger partial charge in [0.2, 0.25) is 11.7 Å². The third-order valence-corrected chi connectivity index (χ3v) is 8.73. The van der Waals surface area contributed by atoms with Crippen LogP contribution in [-0.2, 0) is 25.5 Å². The number of hydrogen-bond donors (Lipinski definition) is 2. The van der Waals surface area contributed by atoms with Crippen molar-refractivity contribution in [1.82, 2.24) is 15.1 Å². The minimum Gasteiger partial charge on any atom is -0.504 e. The number of amides is 1. The predicted octanol–water partition coefficient (Wildman–Crippen LogP) is 1.65. The monoisotopic (exact) mass is 550 g/mol. The summed E-state index contributed by atoms with van der Waals surface area (Å²) in [6.07, 6.45) is 0.716. The molecule has 0 saturated carbocycles. The molecule has 3 aliphatic heterocycles. The van der Waals surface area contributed by atoms with Crippen LogP contribution in [0.25, 0.3) is 0 Å². The molecule has 1 fully saturated rings. The van der Waals surface area contributed by atoms with Gasteiger partial charge >= 0.3 is 0 Å². The Morgan fingerprint density at radius 3 is 2.52 bits per heavy atom. The number of nitrogens with zero attached hydrogens (tertiary/aromatic N) is 3. The Hall–Kier alpha value is -3.72. The number of allylic oxidation sites excluding steroid dienone is 2. The Bertz CT molecular complexity index is 1410. The molecule has 11 heteroatoms. The molecule has 5 rings (SSSR count). The Morgan fingerprint density at radius 1 is 1.18 bits per heavy atom. The number of aliphatic hydroxyl groups excluding tert-OH is 1. The molecule has 1 saturated heterocycles. The number of hydrogen-bond acceptors (Lipinski definition) is 10. The summed E-state index contributed by atoms with van der Waals surface area (Å²) in [5, 5.41) is 23.9. The van der Waals surface area contributed by atoms with Crippen molar-refractivity contribution >= 4 is 17.5 Å². The van der Waals surface area contributed by atoms with Crippen LogP contribution >= 0.6 is 0 Å². The molecule has 0 radical (unpaired) electrons. The summed E-state index contributed by atoms with van der Waals surface area (Å²) >= 11 is 0. The van der Waals surface area contributed by atoms with Crippen molar-refractivity contribution in [3.05, 3.63) is 45.2 Å². The van der Waals surface area contributed by atoms with Gasteiger partial charge in [-0.3, -0.25) is 24.2 Å². The highest BCUT2D eigenvalue weighted by Gasteiger charge is 2.57. The normalized spacial score (nSPS) is 28.0. The number of likely N-dealkylation sites (N-methyl/N-ethyl adjacent to an activating group) is 1. The van der Waals surface area contributed by atoms with E-state index in [1.165, 1.54) is 21.0 Å². The molecule has 40 heavy (non-hydrogen) atoms. The van der Waals surface area contributed by atoms with Crippen molar-refractivity contribution in [2.45, 2.75) is 63.8 Å². The van der Waals surface area contributed by atoms with Gasteiger partial charge in [0.05, 0.1) is 25.3 Å². The summed E-state index contributed by atoms with van der Waals surface area (Å²) in [6.45, 7) is 4.76. The van der Waals surface area contributed by atoms with Crippen molar-refractivity contribution in [3.63, 3.8) is 0 Å². The maximum absolute atomic E-state index is 13.5. The summed E-state index contributed by atoms with van der Waals surface area (Å²) in [7, 11) is 5.08. The van der Waals surface area contributed by atoms with Crippen LogP contribution in [0.1, 0.15) is 43.0 Å². The SMILES string of the molecule is COCOc1c(OC)c(C)cc2c1C1[C@@H]3CC4=C(C(=O)C(O)=C(C)C4=O)C(CNC(C)=O)N3[C@@H](C#N)C(C2)N1C. The number of carbonyl (C=O) groups excluding carboxylic acids is 3. The van der Waals surface area contributed by atoms with Gasteiger partial charge in [-0.25, -0.2) is 0 Å². The van der Waals surface area contributed by atoms with Crippen molar-refractivity contribution in [2.24, 2.45) is 0 Å². The number of nitrogens with one attached hydrogen (secondary N) is 1. The summed E-state index contributed by atoms with van der Waals surface area (Å²) in [4.78, 5) is 43.1. The van der Waals surface area contributed by atoms with E-state index >= 15 is 0 Å². The summed E-state index contributed by atoms with van der Waals surface area (Å²) < 4.78 is 17.1. The van der Waals surface area contributed by atoms with Gasteiger partial charge in [-0.1, -0.05) is 6.07 Å². The van der Waals surface area contributed by atoms with Crippen molar-refractivity contribution in [1.29, 1.82) is 5.26 Å². The van der Waals surface area contributed by atoms with Crippen LogP contribution in [0.15, 0.2) is 28.5 Å². The average Bonchev–Trinajstić information content (AvgIpc) is 2.92. The topological polar surface area (TPSA) is 141 Å². The number of carbonyl (C=O) groups is 3. The van der Waals surface area contributed by atoms with Crippen LogP contribution < -0.4 is 14.8 Å². The van der Waals surface area contributed by atoms with Gasteiger partial charge < -0.3 is 24.6 Å². The van der Waals surface area contributed by atoms with E-state index < -0.39 is 35.5 Å². The molecule has 3 unspecified atom stereocenters. The molecule has 0 spiro atoms. The quantitative estimate of drug-likeness (QED) is 0.397. The van der Waals surface area contributed by atoms with Crippen molar-refractivity contribution < 1.29 is 33.7 Å². The summed E-state index contributed by atoms with van der Waals surface area (Å²) in [5.41, 5.74) is 3.26. The molecular formula is C29H34N4O7. The summed E-state index contributed by atoms with van der Waals surface area (Å²) in [5.74, 6) is -0.801. The van der Waals surface area contributed by atoms with Crippen LogP contribution in [0.5, 0.6) is 11.5 Å². The second-order valence-corrected chi connectivity index (χ2v) is 10.8. The predicted molar refractivity (Wildman–Crippen MR) is 143 cm³/mol. The molecule has 5 atom stereocenters. The van der Waals surface area contributed by atoms with E-state index in [-0.39, 0.29) is 48.9 Å². The molecule has 4 aliphatic rings. The molecule has 1 aromatic carbocycles. The zero-order valence-electron chi connectivity index (χ0n) is 23.5. The Kier molecular flexibility index (Phi) is 7.20. The van der Waals surface area contributed by atoms with E-state index in [2.05, 4.69) is 22.4 Å². The molecule has 1 amide bonds. The number of ketones is 2. The summed E-state index contributed by atoms with van der Waals surface area (Å²) in [6, 6.07) is 2.08. The molecule has 11 nitrogen and oxygen atoms in total. The molecular weight excluding hydrogens is 516 g/mol. The number of methoxy groups -OCH3 is 2. The van der Waals surface area contributed by atoms with Gasteiger partial charge in [-0.05, 0) is 44.9 Å². The minimum absolute atomic E-state index is 0.000180. The van der Waals surface area contributed by atoms with Crippen LogP contribution in [0, 0.1) is 18.3 Å². The van der Waals surface area contributed by atoms with E-state index in [1.807, 2.05) is 18.9 Å². The number of ether oxygens (including phenoxy) is 3. The van der Waals surface area contributed by atoms with Crippen LogP contribution in [0.3, 0.4) is 0 Å². The van der Waals surface area contributed by atoms with Crippen LogP contribution in [0.4, 0.5) is 0 Å². The van der Waals surface area contributed by atoms with Crippen molar-refractivity contribution in [2.75, 3.05) is 34.6 Å². The largest absolute Gasteiger partial charge is 0.504 e. The van der Waals surface area contributed by atoms with Gasteiger partial charge in [-0.15, -0.1) is 0 Å². The lowest BCUT2D eigenvalue weighted by molar-refractivity contribution is -0.123. The van der Waals surface area contributed by atoms with E-state index in [4.69, 9.17) is 14.2 Å². The lowest BCUT2D eigenvalue weighted by Gasteiger charge is -2.60. The van der Waals surface area contributed by atoms with E-state index in [1.54, 1.807) is 7.11 Å². The Balaban J connectivity index is 1.75. The number of fused-ring (bicyclic) bond motifs is 6. The average molecular weight is 551 g/mol. The highest BCUT2D eigenvalue weighted by atomic mass is 16.7. The third kappa shape index (κ3) is 4.01. The van der Waals surface area contributed by atoms with Gasteiger partial charge in [0.1, 0.15) is 6.04 Å². The molecule has 2 bridgehead atoms. The number of benzene rings is 1. The second-order valence-electron chi connectivity index (χ2n) is 10.8. The maximum Gasteiger partial charge on any atom is 0.225 e. The van der Waals surface area contributed by atoms with Gasteiger partial charge in [0, 0.05) is 54.9 Å². The molecule has 1 aliphatic carbocycles. The molecule has 212 valence electrons. The van der Waals surface area contributed by atoms with Gasteiger partial charge in [0.15, 0.2) is 29.8 Å². The highest BCUT2D eigenvalue weighted by molar-refractivity contribution is 6.24. The van der Waals surface area contributed by atoms with Crippen LogP contribution in [0.2, 0.25) is 0 Å². The fourth-order valence-electron chi connectivity index (χ4n) is 7.05. The third-order valence-electron chi connectivity index (χ3n) is 8.73. The van der Waals surface area contributed by atoms with E-state index in [9.17, 15) is 24.8 Å². The number of aryl methyl sites for hydroxylation is 1. The second kappa shape index (κ2) is 10.4. The van der Waals surface area contributed by atoms with E-state index in [0.717, 1.165) is 16.7 Å². The maximum atomic E-state index is 13.5. The Labute approximate surface area is 233 Å². The Morgan fingerprint density at radius 2 is 1.90 bits per heavy atom. The lowest BCUT2D eigenvalue weighted by atomic mass is 9.69. The first-order valence-electron chi connectivity index (χ1n) is 13.2. The van der Waals surface area contributed by atoms with Crippen molar-refractivity contribution in [3.8, 4) is 17.6 Å². The van der Waals surface area contributed by atoms with Crippen LogP contribution in [-0.4, -0.2) is 91.2 Å². The number of rotatable bonds is 6. The fraction of sp³-hybridized carbons (Fsp3) is 0.517. The standard InChI is InChI=1S/C29H34N4O7/c1-13-7-16-8-18-20(10-30)33-19(24(32(18)4)22(16)29(28(13)39-6)40-12-38-5)9-17-23(21(33)11-31-15(3)34)27(37)26(36)14(2)25(17)35/h7,18-21,24,36H,8-9,11-12H2,1-6H3,(H,31,34)/t18?,19-,20-,21?,24?/m0/s1. The molecule has 0 aromatic heterocycles.